The molecule has 2 rings (SSSR count). The fourth-order valence-corrected chi connectivity index (χ4v) is 1.83. The van der Waals surface area contributed by atoms with Crippen molar-refractivity contribution in [2.24, 2.45) is 0 Å². The van der Waals surface area contributed by atoms with Crippen molar-refractivity contribution in [2.75, 3.05) is 7.11 Å². The van der Waals surface area contributed by atoms with Crippen LogP contribution in [0.15, 0.2) is 24.3 Å². The second-order valence-electron chi connectivity index (χ2n) is 3.91. The average Bonchev–Trinajstić information content (AvgIpc) is 2.57. The smallest absolute Gasteiger partial charge is 0.136 e. The zero-order valence-electron chi connectivity index (χ0n) is 9.55. The summed E-state index contributed by atoms with van der Waals surface area (Å²) in [6, 6.07) is 7.90. The Balaban J connectivity index is 2.50. The van der Waals surface area contributed by atoms with E-state index in [1.807, 2.05) is 28.8 Å². The molecular weight excluding hydrogens is 204 g/mol. The standard InChI is InChI=1S/C12H16N2O2/c1-9(15)7-14-11-6-4-3-5-10(11)13-12(14)8-16-2/h3-6,9,15H,7-8H2,1-2H3/t9-/m1/s1. The van der Waals surface area contributed by atoms with E-state index in [9.17, 15) is 5.11 Å². The molecule has 0 saturated carbocycles. The lowest BCUT2D eigenvalue weighted by atomic mass is 10.3. The summed E-state index contributed by atoms with van der Waals surface area (Å²) in [6.45, 7) is 2.77. The Hall–Kier alpha value is -1.39. The Bertz CT molecular complexity index is 477. The summed E-state index contributed by atoms with van der Waals surface area (Å²) in [5.41, 5.74) is 1.98. The molecule has 0 fully saturated rings. The number of aromatic nitrogens is 2. The summed E-state index contributed by atoms with van der Waals surface area (Å²) in [6.07, 6.45) is -0.395. The number of hydrogen-bond donors (Lipinski definition) is 1. The highest BCUT2D eigenvalue weighted by Crippen LogP contribution is 2.17. The molecule has 0 bridgehead atoms. The van der Waals surface area contributed by atoms with Gasteiger partial charge in [0.05, 0.1) is 23.7 Å². The van der Waals surface area contributed by atoms with E-state index in [1.165, 1.54) is 0 Å². The van der Waals surface area contributed by atoms with Gasteiger partial charge in [0.1, 0.15) is 12.4 Å². The molecule has 86 valence electrons. The van der Waals surface area contributed by atoms with E-state index in [4.69, 9.17) is 4.74 Å². The minimum atomic E-state index is -0.395. The molecule has 1 atom stereocenters. The van der Waals surface area contributed by atoms with Crippen LogP contribution >= 0.6 is 0 Å². The van der Waals surface area contributed by atoms with E-state index in [0.717, 1.165) is 16.9 Å². The van der Waals surface area contributed by atoms with Crippen molar-refractivity contribution in [3.63, 3.8) is 0 Å². The Morgan fingerprint density at radius 1 is 1.44 bits per heavy atom. The van der Waals surface area contributed by atoms with Crippen LogP contribution in [0.1, 0.15) is 12.7 Å². The molecule has 1 heterocycles. The molecule has 1 aromatic carbocycles. The van der Waals surface area contributed by atoms with Crippen LogP contribution in [-0.4, -0.2) is 27.9 Å². The Labute approximate surface area is 94.5 Å². The molecule has 1 aromatic heterocycles. The molecule has 0 radical (unpaired) electrons. The van der Waals surface area contributed by atoms with Gasteiger partial charge in [0.25, 0.3) is 0 Å². The topological polar surface area (TPSA) is 47.3 Å². The van der Waals surface area contributed by atoms with Crippen LogP contribution < -0.4 is 0 Å². The summed E-state index contributed by atoms with van der Waals surface area (Å²) in [5, 5.41) is 9.49. The first-order valence-electron chi connectivity index (χ1n) is 5.33. The number of fused-ring (bicyclic) bond motifs is 1. The predicted octanol–water partition coefficient (Wildman–Crippen LogP) is 1.56. The minimum absolute atomic E-state index is 0.395. The van der Waals surface area contributed by atoms with Crippen molar-refractivity contribution in [1.29, 1.82) is 0 Å². The molecule has 0 aliphatic heterocycles. The van der Waals surface area contributed by atoms with Crippen molar-refractivity contribution < 1.29 is 9.84 Å². The molecule has 2 aromatic rings. The van der Waals surface area contributed by atoms with E-state index in [2.05, 4.69) is 4.98 Å². The molecule has 16 heavy (non-hydrogen) atoms. The SMILES string of the molecule is COCc1nc2ccccc2n1C[C@@H](C)O. The maximum Gasteiger partial charge on any atom is 0.136 e. The van der Waals surface area contributed by atoms with Crippen molar-refractivity contribution in [3.05, 3.63) is 30.1 Å². The number of nitrogens with zero attached hydrogens (tertiary/aromatic N) is 2. The Morgan fingerprint density at radius 2 is 2.19 bits per heavy atom. The highest BCUT2D eigenvalue weighted by molar-refractivity contribution is 5.75. The third kappa shape index (κ3) is 2.08. The molecular formula is C12H16N2O2. The third-order valence-electron chi connectivity index (χ3n) is 2.45. The first-order valence-corrected chi connectivity index (χ1v) is 5.33. The van der Waals surface area contributed by atoms with Gasteiger partial charge in [0, 0.05) is 7.11 Å². The fourth-order valence-electron chi connectivity index (χ4n) is 1.83. The fraction of sp³-hybridized carbons (Fsp3) is 0.417. The number of ether oxygens (including phenoxy) is 1. The summed E-state index contributed by atoms with van der Waals surface area (Å²) in [4.78, 5) is 4.48. The van der Waals surface area contributed by atoms with Gasteiger partial charge in [0.2, 0.25) is 0 Å². The molecule has 0 aliphatic carbocycles. The second kappa shape index (κ2) is 4.63. The second-order valence-corrected chi connectivity index (χ2v) is 3.91. The summed E-state index contributed by atoms with van der Waals surface area (Å²) < 4.78 is 7.12. The number of hydrogen-bond acceptors (Lipinski definition) is 3. The van der Waals surface area contributed by atoms with Crippen LogP contribution in [0.4, 0.5) is 0 Å². The van der Waals surface area contributed by atoms with Crippen LogP contribution in [0.5, 0.6) is 0 Å². The first kappa shape index (κ1) is 11.1. The lowest BCUT2D eigenvalue weighted by Crippen LogP contribution is -2.14. The molecule has 4 heteroatoms. The van der Waals surface area contributed by atoms with Gasteiger partial charge in [-0.2, -0.15) is 0 Å². The van der Waals surface area contributed by atoms with Crippen LogP contribution in [0.2, 0.25) is 0 Å². The zero-order valence-corrected chi connectivity index (χ0v) is 9.55. The van der Waals surface area contributed by atoms with Crippen molar-refractivity contribution in [3.8, 4) is 0 Å². The molecule has 0 saturated heterocycles. The van der Waals surface area contributed by atoms with E-state index in [1.54, 1.807) is 14.0 Å². The van der Waals surface area contributed by atoms with E-state index in [0.29, 0.717) is 13.2 Å². The maximum atomic E-state index is 9.49. The highest BCUT2D eigenvalue weighted by atomic mass is 16.5. The lowest BCUT2D eigenvalue weighted by Gasteiger charge is -2.10. The van der Waals surface area contributed by atoms with E-state index in [-0.39, 0.29) is 0 Å². The summed E-state index contributed by atoms with van der Waals surface area (Å²) >= 11 is 0. The third-order valence-corrected chi connectivity index (χ3v) is 2.45. The van der Waals surface area contributed by atoms with Gasteiger partial charge in [-0.1, -0.05) is 12.1 Å². The largest absolute Gasteiger partial charge is 0.392 e. The molecule has 0 aliphatic rings. The van der Waals surface area contributed by atoms with Gasteiger partial charge in [-0.3, -0.25) is 0 Å². The molecule has 0 amide bonds. The average molecular weight is 220 g/mol. The van der Waals surface area contributed by atoms with Gasteiger partial charge in [0.15, 0.2) is 0 Å². The van der Waals surface area contributed by atoms with E-state index < -0.39 is 6.10 Å². The molecule has 4 nitrogen and oxygen atoms in total. The normalized spacial score (nSPS) is 13.2. The number of methoxy groups -OCH3 is 1. The predicted molar refractivity (Wildman–Crippen MR) is 62.1 cm³/mol. The summed E-state index contributed by atoms with van der Waals surface area (Å²) in [7, 11) is 1.64. The maximum absolute atomic E-state index is 9.49. The molecule has 0 spiro atoms. The Morgan fingerprint density at radius 3 is 2.88 bits per heavy atom. The van der Waals surface area contributed by atoms with Crippen LogP contribution in [0, 0.1) is 0 Å². The number of para-hydroxylation sites is 2. The van der Waals surface area contributed by atoms with Crippen molar-refractivity contribution >= 4 is 11.0 Å². The van der Waals surface area contributed by atoms with Gasteiger partial charge < -0.3 is 14.4 Å². The van der Waals surface area contributed by atoms with Crippen LogP contribution in [0.25, 0.3) is 11.0 Å². The van der Waals surface area contributed by atoms with Crippen LogP contribution in [-0.2, 0) is 17.9 Å². The number of benzene rings is 1. The Kier molecular flexibility index (Phi) is 3.22. The number of aliphatic hydroxyl groups excluding tert-OH is 1. The van der Waals surface area contributed by atoms with Gasteiger partial charge in [-0.15, -0.1) is 0 Å². The van der Waals surface area contributed by atoms with Gasteiger partial charge in [-0.25, -0.2) is 4.98 Å². The van der Waals surface area contributed by atoms with Crippen molar-refractivity contribution in [2.45, 2.75) is 26.2 Å². The molecule has 0 unspecified atom stereocenters. The zero-order chi connectivity index (χ0) is 11.5. The lowest BCUT2D eigenvalue weighted by molar-refractivity contribution is 0.155. The minimum Gasteiger partial charge on any atom is -0.392 e. The van der Waals surface area contributed by atoms with E-state index >= 15 is 0 Å². The quantitative estimate of drug-likeness (QED) is 0.850. The number of rotatable bonds is 4. The first-order chi connectivity index (χ1) is 7.72. The van der Waals surface area contributed by atoms with Gasteiger partial charge >= 0.3 is 0 Å². The van der Waals surface area contributed by atoms with Crippen molar-refractivity contribution in [1.82, 2.24) is 9.55 Å². The number of aliphatic hydroxyl groups is 1. The summed E-state index contributed by atoms with van der Waals surface area (Å²) in [5.74, 6) is 0.851. The van der Waals surface area contributed by atoms with Gasteiger partial charge in [-0.05, 0) is 19.1 Å². The van der Waals surface area contributed by atoms with Crippen LogP contribution in [0.3, 0.4) is 0 Å². The molecule has 1 N–H and O–H groups in total. The number of imidazole rings is 1. The highest BCUT2D eigenvalue weighted by Gasteiger charge is 2.11. The monoisotopic (exact) mass is 220 g/mol.